The van der Waals surface area contributed by atoms with Gasteiger partial charge in [-0.15, -0.1) is 0 Å². The summed E-state index contributed by atoms with van der Waals surface area (Å²) in [4.78, 5) is 10.4. The standard InChI is InChI=1S/C12H21BrN4O/c1-4-6-14-11-10(13)12(16-9-15-11)18-8-5-7-17(2)3/h9H,4-8H2,1-3H3,(H,14,15,16). The van der Waals surface area contributed by atoms with E-state index in [2.05, 4.69) is 43.0 Å². The first-order valence-corrected chi connectivity index (χ1v) is 6.96. The maximum absolute atomic E-state index is 5.64. The molecule has 0 aliphatic rings. The van der Waals surface area contributed by atoms with E-state index in [1.54, 1.807) is 0 Å². The molecule has 102 valence electrons. The van der Waals surface area contributed by atoms with Gasteiger partial charge in [0.2, 0.25) is 5.88 Å². The first-order valence-electron chi connectivity index (χ1n) is 6.17. The van der Waals surface area contributed by atoms with Gasteiger partial charge in [-0.05, 0) is 42.9 Å². The number of nitrogens with one attached hydrogen (secondary N) is 1. The van der Waals surface area contributed by atoms with Crippen molar-refractivity contribution in [2.45, 2.75) is 19.8 Å². The van der Waals surface area contributed by atoms with Gasteiger partial charge in [0, 0.05) is 13.1 Å². The molecule has 0 spiro atoms. The highest BCUT2D eigenvalue weighted by molar-refractivity contribution is 9.10. The molecule has 0 aliphatic carbocycles. The summed E-state index contributed by atoms with van der Waals surface area (Å²) >= 11 is 3.47. The van der Waals surface area contributed by atoms with Gasteiger partial charge in [-0.2, -0.15) is 0 Å². The molecule has 0 fully saturated rings. The van der Waals surface area contributed by atoms with Crippen LogP contribution in [-0.2, 0) is 0 Å². The molecule has 5 nitrogen and oxygen atoms in total. The molecule has 0 saturated heterocycles. The minimum Gasteiger partial charge on any atom is -0.477 e. The van der Waals surface area contributed by atoms with Crippen LogP contribution in [0.1, 0.15) is 19.8 Å². The van der Waals surface area contributed by atoms with Crippen LogP contribution in [0.25, 0.3) is 0 Å². The highest BCUT2D eigenvalue weighted by Gasteiger charge is 2.09. The van der Waals surface area contributed by atoms with Gasteiger partial charge in [0.15, 0.2) is 0 Å². The van der Waals surface area contributed by atoms with Crippen molar-refractivity contribution in [3.63, 3.8) is 0 Å². The molecule has 0 aromatic carbocycles. The van der Waals surface area contributed by atoms with E-state index >= 15 is 0 Å². The molecule has 0 aliphatic heterocycles. The lowest BCUT2D eigenvalue weighted by Crippen LogP contribution is -2.16. The van der Waals surface area contributed by atoms with E-state index in [1.807, 2.05) is 14.1 Å². The van der Waals surface area contributed by atoms with E-state index in [9.17, 15) is 0 Å². The van der Waals surface area contributed by atoms with Gasteiger partial charge in [0.1, 0.15) is 16.6 Å². The predicted molar refractivity (Wildman–Crippen MR) is 77.2 cm³/mol. The molecule has 0 radical (unpaired) electrons. The molecule has 0 atom stereocenters. The van der Waals surface area contributed by atoms with Crippen LogP contribution < -0.4 is 10.1 Å². The molecule has 1 aromatic heterocycles. The molecule has 6 heteroatoms. The number of rotatable bonds is 8. The lowest BCUT2D eigenvalue weighted by atomic mass is 10.4. The quantitative estimate of drug-likeness (QED) is 0.746. The number of hydrogen-bond acceptors (Lipinski definition) is 5. The highest BCUT2D eigenvalue weighted by Crippen LogP contribution is 2.28. The van der Waals surface area contributed by atoms with Gasteiger partial charge in [0.25, 0.3) is 0 Å². The number of nitrogens with zero attached hydrogens (tertiary/aromatic N) is 3. The Hall–Kier alpha value is -0.880. The zero-order chi connectivity index (χ0) is 13.4. The second-order valence-corrected chi connectivity index (χ2v) is 5.07. The molecule has 0 unspecified atom stereocenters. The van der Waals surface area contributed by atoms with E-state index in [0.29, 0.717) is 12.5 Å². The van der Waals surface area contributed by atoms with E-state index in [4.69, 9.17) is 4.74 Å². The fraction of sp³-hybridized carbons (Fsp3) is 0.667. The summed E-state index contributed by atoms with van der Waals surface area (Å²) in [6, 6.07) is 0. The van der Waals surface area contributed by atoms with Gasteiger partial charge < -0.3 is 15.0 Å². The smallest absolute Gasteiger partial charge is 0.233 e. The van der Waals surface area contributed by atoms with Crippen LogP contribution in [0.15, 0.2) is 10.8 Å². The van der Waals surface area contributed by atoms with Gasteiger partial charge in [-0.3, -0.25) is 0 Å². The molecule has 0 bridgehead atoms. The van der Waals surface area contributed by atoms with Crippen LogP contribution in [0, 0.1) is 0 Å². The molecular formula is C12H21BrN4O. The summed E-state index contributed by atoms with van der Waals surface area (Å²) in [5, 5.41) is 3.23. The largest absolute Gasteiger partial charge is 0.477 e. The van der Waals surface area contributed by atoms with Crippen molar-refractivity contribution in [1.82, 2.24) is 14.9 Å². The van der Waals surface area contributed by atoms with Crippen LogP contribution in [-0.4, -0.2) is 48.7 Å². The van der Waals surface area contributed by atoms with Gasteiger partial charge in [-0.1, -0.05) is 6.92 Å². The Morgan fingerprint density at radius 1 is 1.39 bits per heavy atom. The monoisotopic (exact) mass is 316 g/mol. The van der Waals surface area contributed by atoms with Crippen LogP contribution in [0.2, 0.25) is 0 Å². The normalized spacial score (nSPS) is 10.7. The SMILES string of the molecule is CCCNc1ncnc(OCCCN(C)C)c1Br. The summed E-state index contributed by atoms with van der Waals surface area (Å²) in [5.41, 5.74) is 0. The van der Waals surface area contributed by atoms with Crippen molar-refractivity contribution in [2.24, 2.45) is 0 Å². The third kappa shape index (κ3) is 5.18. The second-order valence-electron chi connectivity index (χ2n) is 4.27. The molecule has 1 rings (SSSR count). The zero-order valence-corrected chi connectivity index (χ0v) is 12.8. The molecule has 1 N–H and O–H groups in total. The van der Waals surface area contributed by atoms with Crippen LogP contribution in [0.5, 0.6) is 5.88 Å². The third-order valence-corrected chi connectivity index (χ3v) is 3.00. The summed E-state index contributed by atoms with van der Waals surface area (Å²) < 4.78 is 6.44. The van der Waals surface area contributed by atoms with E-state index < -0.39 is 0 Å². The second kappa shape index (κ2) is 8.26. The highest BCUT2D eigenvalue weighted by atomic mass is 79.9. The van der Waals surface area contributed by atoms with Crippen LogP contribution >= 0.6 is 15.9 Å². The summed E-state index contributed by atoms with van der Waals surface area (Å²) in [5.74, 6) is 1.39. The lowest BCUT2D eigenvalue weighted by molar-refractivity contribution is 0.271. The average molecular weight is 317 g/mol. The fourth-order valence-electron chi connectivity index (χ4n) is 1.37. The number of aromatic nitrogens is 2. The number of halogens is 1. The van der Waals surface area contributed by atoms with Crippen molar-refractivity contribution in [2.75, 3.05) is 39.1 Å². The summed E-state index contributed by atoms with van der Waals surface area (Å²) in [7, 11) is 4.10. The number of anilines is 1. The average Bonchev–Trinajstić information content (AvgIpc) is 2.34. The fourth-order valence-corrected chi connectivity index (χ4v) is 1.83. The Morgan fingerprint density at radius 2 is 2.17 bits per heavy atom. The lowest BCUT2D eigenvalue weighted by Gasteiger charge is -2.12. The van der Waals surface area contributed by atoms with E-state index in [0.717, 1.165) is 36.2 Å². The number of hydrogen-bond donors (Lipinski definition) is 1. The minimum atomic E-state index is 0.599. The van der Waals surface area contributed by atoms with Crippen molar-refractivity contribution in [1.29, 1.82) is 0 Å². The van der Waals surface area contributed by atoms with E-state index in [1.165, 1.54) is 6.33 Å². The minimum absolute atomic E-state index is 0.599. The van der Waals surface area contributed by atoms with Gasteiger partial charge in [-0.25, -0.2) is 9.97 Å². The van der Waals surface area contributed by atoms with Crippen LogP contribution in [0.4, 0.5) is 5.82 Å². The predicted octanol–water partition coefficient (Wildman–Crippen LogP) is 2.39. The Morgan fingerprint density at radius 3 is 2.83 bits per heavy atom. The van der Waals surface area contributed by atoms with Gasteiger partial charge >= 0.3 is 0 Å². The van der Waals surface area contributed by atoms with Crippen molar-refractivity contribution >= 4 is 21.7 Å². The van der Waals surface area contributed by atoms with Crippen molar-refractivity contribution in [3.8, 4) is 5.88 Å². The Bertz CT molecular complexity index is 360. The van der Waals surface area contributed by atoms with Crippen molar-refractivity contribution < 1.29 is 4.74 Å². The first-order chi connectivity index (χ1) is 8.65. The molecule has 1 aromatic rings. The van der Waals surface area contributed by atoms with Crippen molar-refractivity contribution in [3.05, 3.63) is 10.8 Å². The summed E-state index contributed by atoms with van der Waals surface area (Å²) in [6.07, 6.45) is 3.54. The summed E-state index contributed by atoms with van der Waals surface area (Å²) in [6.45, 7) is 4.65. The maximum Gasteiger partial charge on any atom is 0.233 e. The molecule has 18 heavy (non-hydrogen) atoms. The molecule has 0 amide bonds. The van der Waals surface area contributed by atoms with Gasteiger partial charge in [0.05, 0.1) is 6.61 Å². The van der Waals surface area contributed by atoms with Crippen LogP contribution in [0.3, 0.4) is 0 Å². The number of ether oxygens (including phenoxy) is 1. The third-order valence-electron chi connectivity index (χ3n) is 2.29. The first kappa shape index (κ1) is 15.2. The zero-order valence-electron chi connectivity index (χ0n) is 11.2. The molecule has 1 heterocycles. The Kier molecular flexibility index (Phi) is 6.97. The maximum atomic E-state index is 5.64. The molecular weight excluding hydrogens is 296 g/mol. The molecule has 0 saturated carbocycles. The van der Waals surface area contributed by atoms with E-state index in [-0.39, 0.29) is 0 Å². The Labute approximate surface area is 117 Å². The topological polar surface area (TPSA) is 50.3 Å². The Balaban J connectivity index is 2.49.